The molecule has 7 aromatic heterocycles. The van der Waals surface area contributed by atoms with Crippen LogP contribution in [0.5, 0.6) is 0 Å². The Balaban J connectivity index is 0.000000167. The summed E-state index contributed by atoms with van der Waals surface area (Å²) < 4.78 is 67.0. The van der Waals surface area contributed by atoms with Crippen molar-refractivity contribution < 1.29 is 57.7 Å². The predicted molar refractivity (Wildman–Crippen MR) is 499 cm³/mol. The second-order valence-electron chi connectivity index (χ2n) is 37.8. The van der Waals surface area contributed by atoms with Gasteiger partial charge in [-0.2, -0.15) is 0 Å². The van der Waals surface area contributed by atoms with Crippen molar-refractivity contribution in [1.82, 2.24) is 44.7 Å². The maximum atomic E-state index is 13.4. The number of hydrogen-bond acceptors (Lipinski definition) is 23. The number of hydrogen-bond donors (Lipinski definition) is 7. The lowest BCUT2D eigenvalue weighted by molar-refractivity contribution is -0.0172. The Morgan fingerprint density at radius 3 is 0.794 bits per heavy atom. The first kappa shape index (κ1) is 102. The van der Waals surface area contributed by atoms with E-state index in [4.69, 9.17) is 0 Å². The lowest BCUT2D eigenvalue weighted by atomic mass is 9.91. The van der Waals surface area contributed by atoms with Gasteiger partial charge in [0.05, 0.1) is 158 Å². The van der Waals surface area contributed by atoms with E-state index in [2.05, 4.69) is 190 Å². The normalized spacial score (nSPS) is 25.7. The van der Waals surface area contributed by atoms with E-state index in [1.54, 1.807) is 31.0 Å². The SMILES string of the molecule is CC(C)c1ccc(N2CCC(O)C(F)C2)cn1.CC(C)c1ccc(N2CCC(O)C[C@@H]2C)cn1.CC(C)c1ccc(N2CCCC(O)(CN3CCN(C)CC3)C2)cn1.CC(C)c1ccc(N2CC[C@@H](O)[C@@H](F)C2)cn1.CC(C)c1ccc(N2CC[C@@H](O)[C@H](F)C2)cn1.CC(C)c1ccc(N2CC[C@H](O)[C@@H](F)C2)cn1.CC(C)c1ccc(N2CC[C@H](O)[C@H](F)C2)cn1. The number of likely N-dealkylation sites (N-methyl/N-ethyl adjacent to an activating group) is 1. The predicted octanol–water partition coefficient (Wildman–Crippen LogP) is 14.9. The average Bonchev–Trinajstić information content (AvgIpc) is 0.769. The summed E-state index contributed by atoms with van der Waals surface area (Å²) in [4.78, 5) is 50.1. The van der Waals surface area contributed by atoms with Gasteiger partial charge in [0.25, 0.3) is 0 Å². The number of piperidine rings is 7. The van der Waals surface area contributed by atoms with E-state index < -0.39 is 67.0 Å². The second kappa shape index (κ2) is 49.1. The molecule has 15 rings (SSSR count). The Bertz CT molecular complexity index is 3800. The van der Waals surface area contributed by atoms with Crippen LogP contribution in [0.15, 0.2) is 128 Å². The van der Waals surface area contributed by atoms with Crippen LogP contribution in [0.25, 0.3) is 0 Å². The van der Waals surface area contributed by atoms with Crippen molar-refractivity contribution in [3.63, 3.8) is 0 Å². The molecule has 0 bridgehead atoms. The molecule has 126 heavy (non-hydrogen) atoms. The highest BCUT2D eigenvalue weighted by Gasteiger charge is 2.38. The second-order valence-corrected chi connectivity index (χ2v) is 37.8. The Hall–Kier alpha value is -8.06. The smallest absolute Gasteiger partial charge is 0.143 e. The number of anilines is 7. The molecule has 0 amide bonds. The van der Waals surface area contributed by atoms with Crippen LogP contribution in [0.4, 0.5) is 61.8 Å². The quantitative estimate of drug-likeness (QED) is 0.0444. The van der Waals surface area contributed by atoms with E-state index in [-0.39, 0.29) is 38.8 Å². The van der Waals surface area contributed by atoms with Gasteiger partial charge in [-0.1, -0.05) is 96.9 Å². The highest BCUT2D eigenvalue weighted by Crippen LogP contribution is 2.33. The molecule has 4 unspecified atom stereocenters. The molecular formula is C98H149F5N16O7. The largest absolute Gasteiger partial charge is 0.393 e. The molecule has 7 aromatic rings. The molecule has 0 saturated carbocycles. The number of piperazine rings is 1. The zero-order valence-corrected chi connectivity index (χ0v) is 77.9. The molecule has 8 fully saturated rings. The molecule has 0 spiro atoms. The molecule has 15 heterocycles. The van der Waals surface area contributed by atoms with Gasteiger partial charge in [0, 0.05) is 131 Å². The van der Waals surface area contributed by atoms with Gasteiger partial charge in [0.1, 0.15) is 30.9 Å². The fourth-order valence-corrected chi connectivity index (χ4v) is 16.5. The van der Waals surface area contributed by atoms with Crippen LogP contribution in [0.3, 0.4) is 0 Å². The van der Waals surface area contributed by atoms with Crippen molar-refractivity contribution >= 4 is 39.8 Å². The van der Waals surface area contributed by atoms with Crippen molar-refractivity contribution in [3.05, 3.63) is 168 Å². The molecule has 7 N–H and O–H groups in total. The lowest BCUT2D eigenvalue weighted by Crippen LogP contribution is -2.57. The van der Waals surface area contributed by atoms with Gasteiger partial charge >= 0.3 is 0 Å². The first-order valence-corrected chi connectivity index (χ1v) is 46.3. The van der Waals surface area contributed by atoms with Crippen molar-refractivity contribution in [2.45, 2.75) is 282 Å². The molecule has 28 heteroatoms. The van der Waals surface area contributed by atoms with Crippen molar-refractivity contribution in [2.75, 3.05) is 159 Å². The molecule has 0 aromatic carbocycles. The van der Waals surface area contributed by atoms with Crippen LogP contribution >= 0.6 is 0 Å². The van der Waals surface area contributed by atoms with E-state index in [9.17, 15) is 57.7 Å². The maximum absolute atomic E-state index is 13.4. The highest BCUT2D eigenvalue weighted by molar-refractivity contribution is 5.51. The van der Waals surface area contributed by atoms with E-state index in [1.165, 1.54) is 5.69 Å². The Kier molecular flexibility index (Phi) is 39.6. The summed E-state index contributed by atoms with van der Waals surface area (Å²) in [5, 5.41) is 67.5. The summed E-state index contributed by atoms with van der Waals surface area (Å²) >= 11 is 0. The monoisotopic (exact) mass is 1760 g/mol. The van der Waals surface area contributed by atoms with Crippen LogP contribution < -0.4 is 34.3 Å². The number of β-amino-alcohol motifs (C(OH)–C–C–N with tert-alkyl or cyclic N) is 1. The summed E-state index contributed by atoms with van der Waals surface area (Å²) in [5.41, 5.74) is 13.9. The van der Waals surface area contributed by atoms with Crippen LogP contribution in [0, 0.1) is 0 Å². The molecular weight excluding hydrogens is 1610 g/mol. The topological polar surface area (TPSA) is 261 Å². The third-order valence-electron chi connectivity index (χ3n) is 25.1. The van der Waals surface area contributed by atoms with Crippen LogP contribution in [0.2, 0.25) is 0 Å². The molecule has 698 valence electrons. The number of aliphatic hydroxyl groups excluding tert-OH is 6. The summed E-state index contributed by atoms with van der Waals surface area (Å²) in [5.74, 6) is 2.95. The summed E-state index contributed by atoms with van der Waals surface area (Å²) in [7, 11) is 2.17. The van der Waals surface area contributed by atoms with E-state index in [0.717, 1.165) is 145 Å². The third-order valence-corrected chi connectivity index (χ3v) is 25.1. The fraction of sp³-hybridized carbons (Fsp3) is 0.643. The molecule has 0 radical (unpaired) electrons. The van der Waals surface area contributed by atoms with Crippen molar-refractivity contribution in [1.29, 1.82) is 0 Å². The third kappa shape index (κ3) is 30.8. The minimum Gasteiger partial charge on any atom is -0.393 e. The first-order chi connectivity index (χ1) is 59.9. The van der Waals surface area contributed by atoms with Crippen LogP contribution in [-0.4, -0.2) is 284 Å². The number of halogens is 5. The molecule has 13 atom stereocenters. The van der Waals surface area contributed by atoms with E-state index in [0.29, 0.717) is 119 Å². The zero-order chi connectivity index (χ0) is 91.6. The Morgan fingerprint density at radius 2 is 0.571 bits per heavy atom. The number of aromatic nitrogens is 7. The van der Waals surface area contributed by atoms with E-state index in [1.807, 2.05) is 97.6 Å². The van der Waals surface area contributed by atoms with Gasteiger partial charge in [0.15, 0.2) is 0 Å². The van der Waals surface area contributed by atoms with Crippen molar-refractivity contribution in [2.24, 2.45) is 0 Å². The van der Waals surface area contributed by atoms with Gasteiger partial charge in [-0.25, -0.2) is 22.0 Å². The number of pyridine rings is 7. The molecule has 0 aliphatic carbocycles. The Labute approximate surface area is 748 Å². The Morgan fingerprint density at radius 1 is 0.325 bits per heavy atom. The highest BCUT2D eigenvalue weighted by atomic mass is 19.2. The number of nitrogens with zero attached hydrogens (tertiary/aromatic N) is 16. The van der Waals surface area contributed by atoms with Gasteiger partial charge in [0.2, 0.25) is 0 Å². The van der Waals surface area contributed by atoms with Crippen molar-refractivity contribution in [3.8, 4) is 0 Å². The van der Waals surface area contributed by atoms with Gasteiger partial charge in [-0.15, -0.1) is 0 Å². The fourth-order valence-electron chi connectivity index (χ4n) is 16.5. The summed E-state index contributed by atoms with van der Waals surface area (Å²) in [6, 6.07) is 28.7. The summed E-state index contributed by atoms with van der Waals surface area (Å²) in [6.45, 7) is 44.2. The standard InChI is InChI=1S/C19H32N4O.C14H22N2O.5C13H19FN2O/c1-16(2)18-6-5-17(13-20-18)23-8-4-7-19(24,15-23)14-22-11-9-21(3)10-12-22;1-10(2)14-5-4-12(9-15-14)16-7-6-13(17)8-11(16)3;5*1-9(2)12-4-3-10(7-15-12)16-6-5-13(17)11(14)8-16/h5-6,13,16,24H,4,7-12,14-15H2,1-3H3;4-5,9-11,13,17H,6-8H2,1-3H3;5*3-4,7,9,11,13,17H,5-6,8H2,1-2H3/t;11-,13?;2*11-,13+;2*11-,13-;/m.01010./s1. The van der Waals surface area contributed by atoms with E-state index >= 15 is 0 Å². The molecule has 8 aliphatic heterocycles. The van der Waals surface area contributed by atoms with Crippen LogP contribution in [0.1, 0.15) is 243 Å². The average molecular weight is 1760 g/mol. The number of aliphatic hydroxyl groups is 7. The lowest BCUT2D eigenvalue weighted by Gasteiger charge is -2.44. The molecule has 8 aliphatic rings. The summed E-state index contributed by atoms with van der Waals surface area (Å²) in [6.07, 6.45) is 8.95. The van der Waals surface area contributed by atoms with Gasteiger partial charge in [-0.05, 0) is 198 Å². The molecule has 8 saturated heterocycles. The van der Waals surface area contributed by atoms with Gasteiger partial charge < -0.3 is 74.9 Å². The maximum Gasteiger partial charge on any atom is 0.143 e. The van der Waals surface area contributed by atoms with Gasteiger partial charge in [-0.3, -0.25) is 39.8 Å². The minimum absolute atomic E-state index is 0.135. The number of alkyl halides is 5. The van der Waals surface area contributed by atoms with Crippen LogP contribution in [-0.2, 0) is 0 Å². The first-order valence-electron chi connectivity index (χ1n) is 46.3. The molecule has 23 nitrogen and oxygen atoms in total. The number of rotatable bonds is 16. The zero-order valence-electron chi connectivity index (χ0n) is 77.9. The minimum atomic E-state index is -1.16.